The Morgan fingerprint density at radius 3 is 2.44 bits per heavy atom. The van der Waals surface area contributed by atoms with E-state index in [4.69, 9.17) is 9.47 Å². The fraction of sp³-hybridized carbons (Fsp3) is 0.474. The van der Waals surface area contributed by atoms with Gasteiger partial charge in [0.15, 0.2) is 11.5 Å². The summed E-state index contributed by atoms with van der Waals surface area (Å²) in [7, 11) is 3.33. The van der Waals surface area contributed by atoms with Gasteiger partial charge in [-0.05, 0) is 42.5 Å². The molecule has 0 amide bonds. The van der Waals surface area contributed by atoms with Crippen molar-refractivity contribution >= 4 is 5.82 Å². The van der Waals surface area contributed by atoms with E-state index in [1.54, 1.807) is 20.5 Å². The molecule has 2 heterocycles. The first-order chi connectivity index (χ1) is 12.2. The van der Waals surface area contributed by atoms with Crippen LogP contribution in [0.4, 0.5) is 5.82 Å². The van der Waals surface area contributed by atoms with E-state index in [0.29, 0.717) is 5.92 Å². The van der Waals surface area contributed by atoms with Crippen LogP contribution in [0.2, 0.25) is 0 Å². The minimum atomic E-state index is -0.173. The van der Waals surface area contributed by atoms with Crippen molar-refractivity contribution in [2.45, 2.75) is 37.8 Å². The topological polar surface area (TPSA) is 67.7 Å². The first kappa shape index (κ1) is 16.1. The highest BCUT2D eigenvalue weighted by atomic mass is 16.5. The van der Waals surface area contributed by atoms with Crippen LogP contribution in [0.3, 0.4) is 0 Å². The third-order valence-electron chi connectivity index (χ3n) is 5.25. The first-order valence-corrected chi connectivity index (χ1v) is 8.66. The second-order valence-electron chi connectivity index (χ2n) is 6.77. The van der Waals surface area contributed by atoms with Crippen LogP contribution in [-0.2, 0) is 13.0 Å². The lowest BCUT2D eigenvalue weighted by Crippen LogP contribution is -2.32. The van der Waals surface area contributed by atoms with E-state index < -0.39 is 0 Å². The van der Waals surface area contributed by atoms with Crippen molar-refractivity contribution in [3.63, 3.8) is 0 Å². The molecule has 0 saturated heterocycles. The maximum Gasteiger partial charge on any atom is 0.161 e. The monoisotopic (exact) mass is 341 g/mol. The number of ether oxygens (including phenoxy) is 2. The lowest BCUT2D eigenvalue weighted by atomic mass is 9.80. The van der Waals surface area contributed by atoms with Crippen molar-refractivity contribution in [1.29, 1.82) is 0 Å². The molecule has 2 aliphatic rings. The molecule has 1 aliphatic heterocycles. The fourth-order valence-electron chi connectivity index (χ4n) is 3.67. The van der Waals surface area contributed by atoms with Crippen LogP contribution in [0, 0.1) is 0 Å². The molecule has 4 rings (SSSR count). The highest BCUT2D eigenvalue weighted by molar-refractivity contribution is 5.52. The largest absolute Gasteiger partial charge is 0.493 e. The van der Waals surface area contributed by atoms with E-state index in [1.807, 2.05) is 0 Å². The van der Waals surface area contributed by atoms with Crippen molar-refractivity contribution in [3.05, 3.63) is 41.3 Å². The van der Waals surface area contributed by atoms with E-state index in [0.717, 1.165) is 55.4 Å². The Bertz CT molecular complexity index is 775. The highest BCUT2D eigenvalue weighted by Crippen LogP contribution is 2.37. The Hall–Kier alpha value is -2.34. The van der Waals surface area contributed by atoms with Gasteiger partial charge in [0.2, 0.25) is 0 Å². The van der Waals surface area contributed by atoms with Crippen molar-refractivity contribution in [2.75, 3.05) is 25.7 Å². The number of hydrogen-bond donors (Lipinski definition) is 1. The summed E-state index contributed by atoms with van der Waals surface area (Å²) < 4.78 is 10.8. The first-order valence-electron chi connectivity index (χ1n) is 8.66. The molecule has 0 bridgehead atoms. The molecular formula is C19H23N3O3. The second-order valence-corrected chi connectivity index (χ2v) is 6.77. The van der Waals surface area contributed by atoms with Crippen LogP contribution in [-0.4, -0.2) is 41.9 Å². The molecule has 1 aromatic heterocycles. The second kappa shape index (κ2) is 6.52. The Labute approximate surface area is 147 Å². The van der Waals surface area contributed by atoms with E-state index >= 15 is 0 Å². The summed E-state index contributed by atoms with van der Waals surface area (Å²) in [5, 5.41) is 9.52. The predicted molar refractivity (Wildman–Crippen MR) is 94.3 cm³/mol. The summed E-state index contributed by atoms with van der Waals surface area (Å²) in [6.45, 7) is 1.70. The van der Waals surface area contributed by atoms with Gasteiger partial charge in [0.05, 0.1) is 20.3 Å². The Morgan fingerprint density at radius 1 is 1.04 bits per heavy atom. The Balaban J connectivity index is 1.57. The van der Waals surface area contributed by atoms with Crippen molar-refractivity contribution in [1.82, 2.24) is 9.97 Å². The SMILES string of the molecule is COc1cc2c(cc1OC)CN(c1cc(C3CC(O)C3)ncn1)CC2. The van der Waals surface area contributed by atoms with Gasteiger partial charge in [-0.25, -0.2) is 9.97 Å². The van der Waals surface area contributed by atoms with Gasteiger partial charge in [-0.2, -0.15) is 0 Å². The molecule has 0 atom stereocenters. The normalized spacial score (nSPS) is 22.1. The molecule has 132 valence electrons. The third kappa shape index (κ3) is 3.02. The van der Waals surface area contributed by atoms with Gasteiger partial charge in [0.25, 0.3) is 0 Å². The summed E-state index contributed by atoms with van der Waals surface area (Å²) in [6.07, 6.45) is 4.01. The maximum atomic E-state index is 9.52. The zero-order valence-corrected chi connectivity index (χ0v) is 14.6. The quantitative estimate of drug-likeness (QED) is 0.920. The van der Waals surface area contributed by atoms with E-state index in [9.17, 15) is 5.11 Å². The summed E-state index contributed by atoms with van der Waals surface area (Å²) in [5.41, 5.74) is 3.57. The number of aliphatic hydroxyl groups is 1. The molecule has 1 aliphatic carbocycles. The van der Waals surface area contributed by atoms with Crippen LogP contribution >= 0.6 is 0 Å². The molecule has 25 heavy (non-hydrogen) atoms. The molecular weight excluding hydrogens is 318 g/mol. The van der Waals surface area contributed by atoms with Gasteiger partial charge < -0.3 is 19.5 Å². The highest BCUT2D eigenvalue weighted by Gasteiger charge is 2.30. The van der Waals surface area contributed by atoms with Gasteiger partial charge >= 0.3 is 0 Å². The van der Waals surface area contributed by atoms with E-state index in [-0.39, 0.29) is 6.10 Å². The van der Waals surface area contributed by atoms with Gasteiger partial charge in [-0.15, -0.1) is 0 Å². The van der Waals surface area contributed by atoms with E-state index in [2.05, 4.69) is 33.1 Å². The number of aliphatic hydroxyl groups excluding tert-OH is 1. The minimum Gasteiger partial charge on any atom is -0.493 e. The average Bonchev–Trinajstić information content (AvgIpc) is 2.64. The zero-order valence-electron chi connectivity index (χ0n) is 14.6. The predicted octanol–water partition coefficient (Wildman–Crippen LogP) is 2.29. The molecule has 2 aromatic rings. The number of aromatic nitrogens is 2. The van der Waals surface area contributed by atoms with Crippen molar-refractivity contribution in [3.8, 4) is 11.5 Å². The van der Waals surface area contributed by atoms with Gasteiger partial charge in [-0.3, -0.25) is 0 Å². The lowest BCUT2D eigenvalue weighted by molar-refractivity contribution is 0.0732. The fourth-order valence-corrected chi connectivity index (χ4v) is 3.67. The van der Waals surface area contributed by atoms with Crippen molar-refractivity contribution in [2.24, 2.45) is 0 Å². The maximum absolute atomic E-state index is 9.52. The summed E-state index contributed by atoms with van der Waals surface area (Å²) in [6, 6.07) is 6.21. The number of fused-ring (bicyclic) bond motifs is 1. The number of benzene rings is 1. The molecule has 0 radical (unpaired) electrons. The van der Waals surface area contributed by atoms with Crippen molar-refractivity contribution < 1.29 is 14.6 Å². The van der Waals surface area contributed by atoms with Crippen LogP contribution in [0.5, 0.6) is 11.5 Å². The summed E-state index contributed by atoms with van der Waals surface area (Å²) >= 11 is 0. The van der Waals surface area contributed by atoms with Gasteiger partial charge in [0, 0.05) is 30.8 Å². The Morgan fingerprint density at radius 2 is 1.76 bits per heavy atom. The van der Waals surface area contributed by atoms with Gasteiger partial charge in [0.1, 0.15) is 12.1 Å². The number of anilines is 1. The minimum absolute atomic E-state index is 0.173. The molecule has 1 aromatic carbocycles. The molecule has 1 fully saturated rings. The number of nitrogens with zero attached hydrogens (tertiary/aromatic N) is 3. The zero-order chi connectivity index (χ0) is 17.4. The average molecular weight is 341 g/mol. The lowest BCUT2D eigenvalue weighted by Gasteiger charge is -2.33. The standard InChI is InChI=1S/C19H23N3O3/c1-24-17-7-12-3-4-22(10-14(12)8-18(17)25-2)19-9-16(20-11-21-19)13-5-15(23)6-13/h7-9,11,13,15,23H,3-6,10H2,1-2H3. The smallest absolute Gasteiger partial charge is 0.161 e. The third-order valence-corrected chi connectivity index (χ3v) is 5.25. The number of hydrogen-bond acceptors (Lipinski definition) is 6. The summed E-state index contributed by atoms with van der Waals surface area (Å²) in [4.78, 5) is 11.1. The van der Waals surface area contributed by atoms with Crippen LogP contribution < -0.4 is 14.4 Å². The van der Waals surface area contributed by atoms with Crippen LogP contribution in [0.1, 0.15) is 35.6 Å². The molecule has 6 heteroatoms. The van der Waals surface area contributed by atoms with E-state index in [1.165, 1.54) is 11.1 Å². The Kier molecular flexibility index (Phi) is 4.21. The summed E-state index contributed by atoms with van der Waals surface area (Å²) in [5.74, 6) is 2.85. The number of rotatable bonds is 4. The molecule has 1 N–H and O–H groups in total. The van der Waals surface area contributed by atoms with Crippen LogP contribution in [0.25, 0.3) is 0 Å². The van der Waals surface area contributed by atoms with Crippen LogP contribution in [0.15, 0.2) is 24.5 Å². The van der Waals surface area contributed by atoms with Gasteiger partial charge in [-0.1, -0.05) is 0 Å². The molecule has 6 nitrogen and oxygen atoms in total. The molecule has 0 spiro atoms. The molecule has 0 unspecified atom stereocenters. The molecule has 1 saturated carbocycles. The number of methoxy groups -OCH3 is 2.